The largest absolute Gasteiger partial charge is 0.228 e. The maximum atomic E-state index is 14.0. The van der Waals surface area contributed by atoms with Gasteiger partial charge in [-0.05, 0) is 37.0 Å². The average Bonchev–Trinajstić information content (AvgIpc) is 2.60. The quantitative estimate of drug-likeness (QED) is 0.800. The van der Waals surface area contributed by atoms with Gasteiger partial charge in [0.05, 0.1) is 16.1 Å². The van der Waals surface area contributed by atoms with Crippen LogP contribution in [-0.4, -0.2) is 18.9 Å². The second-order valence-electron chi connectivity index (χ2n) is 5.15. The summed E-state index contributed by atoms with van der Waals surface area (Å²) in [6.07, 6.45) is 2.84. The fourth-order valence-corrected chi connectivity index (χ4v) is 5.13. The van der Waals surface area contributed by atoms with E-state index in [4.69, 9.17) is 5.26 Å². The molecule has 1 saturated heterocycles. The Labute approximate surface area is 115 Å². The van der Waals surface area contributed by atoms with Gasteiger partial charge in [0.1, 0.15) is 17.7 Å². The van der Waals surface area contributed by atoms with Crippen molar-refractivity contribution in [1.82, 2.24) is 0 Å². The lowest BCUT2D eigenvalue weighted by Crippen LogP contribution is -2.26. The van der Waals surface area contributed by atoms with Gasteiger partial charge in [-0.15, -0.1) is 0 Å². The fourth-order valence-electron chi connectivity index (χ4n) is 2.94. The number of nitriles is 1. The third kappa shape index (κ3) is 1.85. The van der Waals surface area contributed by atoms with Crippen molar-refractivity contribution in [2.24, 2.45) is 0 Å². The third-order valence-electron chi connectivity index (χ3n) is 4.02. The molecule has 3 rings (SSSR count). The maximum absolute atomic E-state index is 14.0. The first-order valence-electron chi connectivity index (χ1n) is 6.26. The second kappa shape index (κ2) is 4.38. The van der Waals surface area contributed by atoms with Gasteiger partial charge in [0.15, 0.2) is 9.84 Å². The van der Waals surface area contributed by atoms with Crippen LogP contribution in [0.5, 0.6) is 0 Å². The minimum atomic E-state index is -3.15. The molecule has 2 unspecified atom stereocenters. The Morgan fingerprint density at radius 3 is 2.60 bits per heavy atom. The summed E-state index contributed by atoms with van der Waals surface area (Å²) in [5.74, 6) is -1.47. The SMILES string of the molecule is N#Cc1cc(F)c(C2=CC3CCC(C2)S3(=O)=O)cc1F. The summed E-state index contributed by atoms with van der Waals surface area (Å²) in [6.45, 7) is 0. The van der Waals surface area contributed by atoms with Crippen LogP contribution < -0.4 is 0 Å². The highest BCUT2D eigenvalue weighted by molar-refractivity contribution is 7.93. The van der Waals surface area contributed by atoms with Crippen molar-refractivity contribution in [2.45, 2.75) is 29.8 Å². The zero-order valence-electron chi connectivity index (χ0n) is 10.4. The van der Waals surface area contributed by atoms with E-state index in [0.29, 0.717) is 18.4 Å². The lowest BCUT2D eigenvalue weighted by Gasteiger charge is -2.21. The standard InChI is InChI=1S/C14H11F2NO2S/c15-13-6-12(14(16)5-9(13)7-17)8-3-10-1-2-11(4-8)20(10,18)19/h3,5-6,10-11H,1-2,4H2. The van der Waals surface area contributed by atoms with Crippen molar-refractivity contribution in [3.63, 3.8) is 0 Å². The van der Waals surface area contributed by atoms with Gasteiger partial charge >= 0.3 is 0 Å². The molecule has 0 aromatic heterocycles. The van der Waals surface area contributed by atoms with Crippen molar-refractivity contribution >= 4 is 15.4 Å². The van der Waals surface area contributed by atoms with Crippen molar-refractivity contribution in [3.05, 3.63) is 41.0 Å². The molecule has 0 spiro atoms. The van der Waals surface area contributed by atoms with Crippen LogP contribution in [0, 0.1) is 23.0 Å². The molecular formula is C14H11F2NO2S. The van der Waals surface area contributed by atoms with Gasteiger partial charge in [-0.25, -0.2) is 17.2 Å². The highest BCUT2D eigenvalue weighted by Crippen LogP contribution is 2.41. The minimum Gasteiger partial charge on any atom is -0.228 e. The van der Waals surface area contributed by atoms with Crippen LogP contribution in [0.4, 0.5) is 8.78 Å². The molecule has 104 valence electrons. The average molecular weight is 295 g/mol. The molecule has 0 saturated carbocycles. The molecule has 1 aromatic carbocycles. The summed E-state index contributed by atoms with van der Waals surface area (Å²) in [5, 5.41) is 7.57. The van der Waals surface area contributed by atoms with E-state index in [9.17, 15) is 17.2 Å². The fraction of sp³-hybridized carbons (Fsp3) is 0.357. The van der Waals surface area contributed by atoms with E-state index in [1.807, 2.05) is 0 Å². The Balaban J connectivity index is 2.09. The molecule has 2 aliphatic heterocycles. The molecule has 0 N–H and O–H groups in total. The third-order valence-corrected chi connectivity index (χ3v) is 6.56. The summed E-state index contributed by atoms with van der Waals surface area (Å²) in [7, 11) is -3.15. The molecule has 1 aromatic rings. The predicted molar refractivity (Wildman–Crippen MR) is 69.4 cm³/mol. The van der Waals surface area contributed by atoms with Gasteiger partial charge in [0, 0.05) is 5.56 Å². The summed E-state index contributed by atoms with van der Waals surface area (Å²) in [4.78, 5) is 0. The highest BCUT2D eigenvalue weighted by Gasteiger charge is 2.43. The number of nitrogens with zero attached hydrogens (tertiary/aromatic N) is 1. The Morgan fingerprint density at radius 2 is 1.95 bits per heavy atom. The van der Waals surface area contributed by atoms with E-state index in [-0.39, 0.29) is 17.5 Å². The molecule has 2 bridgehead atoms. The van der Waals surface area contributed by atoms with E-state index in [1.54, 1.807) is 6.07 Å². The number of fused-ring (bicyclic) bond motifs is 2. The summed E-state index contributed by atoms with van der Waals surface area (Å²) in [6, 6.07) is 3.42. The number of rotatable bonds is 1. The molecule has 2 atom stereocenters. The van der Waals surface area contributed by atoms with Crippen molar-refractivity contribution in [1.29, 1.82) is 5.26 Å². The summed E-state index contributed by atoms with van der Waals surface area (Å²) in [5.41, 5.74) is 0.236. The number of allylic oxidation sites excluding steroid dienone is 1. The number of hydrogen-bond acceptors (Lipinski definition) is 3. The molecule has 1 fully saturated rings. The first kappa shape index (κ1) is 13.3. The molecular weight excluding hydrogens is 284 g/mol. The van der Waals surface area contributed by atoms with Crippen LogP contribution in [0.2, 0.25) is 0 Å². The zero-order valence-corrected chi connectivity index (χ0v) is 11.3. The van der Waals surface area contributed by atoms with Crippen molar-refractivity contribution < 1.29 is 17.2 Å². The van der Waals surface area contributed by atoms with E-state index in [1.165, 1.54) is 6.08 Å². The van der Waals surface area contributed by atoms with E-state index >= 15 is 0 Å². The predicted octanol–water partition coefficient (Wildman–Crippen LogP) is 2.57. The Hall–Kier alpha value is -1.74. The van der Waals surface area contributed by atoms with Gasteiger partial charge in [0.2, 0.25) is 0 Å². The number of benzene rings is 1. The van der Waals surface area contributed by atoms with Gasteiger partial charge in [0.25, 0.3) is 0 Å². The van der Waals surface area contributed by atoms with E-state index in [2.05, 4.69) is 0 Å². The molecule has 3 nitrogen and oxygen atoms in total. The van der Waals surface area contributed by atoms with Crippen LogP contribution in [0.25, 0.3) is 5.57 Å². The highest BCUT2D eigenvalue weighted by atomic mass is 32.2. The summed E-state index contributed by atoms with van der Waals surface area (Å²) < 4.78 is 51.5. The number of hydrogen-bond donors (Lipinski definition) is 0. The van der Waals surface area contributed by atoms with Gasteiger partial charge in [-0.3, -0.25) is 0 Å². The smallest absolute Gasteiger partial charge is 0.159 e. The zero-order chi connectivity index (χ0) is 14.5. The topological polar surface area (TPSA) is 57.9 Å². The molecule has 0 aliphatic carbocycles. The van der Waals surface area contributed by atoms with Crippen LogP contribution in [0.15, 0.2) is 18.2 Å². The molecule has 0 radical (unpaired) electrons. The monoisotopic (exact) mass is 295 g/mol. The molecule has 2 aliphatic rings. The van der Waals surface area contributed by atoms with E-state index < -0.39 is 32.0 Å². The summed E-state index contributed by atoms with van der Waals surface area (Å²) >= 11 is 0. The second-order valence-corrected chi connectivity index (χ2v) is 7.60. The first-order chi connectivity index (χ1) is 9.43. The Bertz CT molecular complexity index is 762. The van der Waals surface area contributed by atoms with Crippen LogP contribution in [0.3, 0.4) is 0 Å². The first-order valence-corrected chi connectivity index (χ1v) is 7.87. The molecule has 20 heavy (non-hydrogen) atoms. The lowest BCUT2D eigenvalue weighted by atomic mass is 9.98. The van der Waals surface area contributed by atoms with E-state index in [0.717, 1.165) is 12.1 Å². The lowest BCUT2D eigenvalue weighted by molar-refractivity contribution is 0.582. The minimum absolute atomic E-state index is 0.0632. The van der Waals surface area contributed by atoms with Crippen molar-refractivity contribution in [2.75, 3.05) is 0 Å². The van der Waals surface area contributed by atoms with Gasteiger partial charge < -0.3 is 0 Å². The van der Waals surface area contributed by atoms with Crippen LogP contribution >= 0.6 is 0 Å². The van der Waals surface area contributed by atoms with Gasteiger partial charge in [-0.2, -0.15) is 5.26 Å². The number of halogens is 2. The molecule has 0 amide bonds. The number of sulfone groups is 1. The molecule has 2 heterocycles. The van der Waals surface area contributed by atoms with Crippen LogP contribution in [-0.2, 0) is 9.84 Å². The normalized spacial score (nSPS) is 26.9. The Kier molecular flexibility index (Phi) is 2.91. The Morgan fingerprint density at radius 1 is 1.20 bits per heavy atom. The van der Waals surface area contributed by atoms with Gasteiger partial charge in [-0.1, -0.05) is 6.08 Å². The van der Waals surface area contributed by atoms with Crippen molar-refractivity contribution in [3.8, 4) is 6.07 Å². The maximum Gasteiger partial charge on any atom is 0.159 e. The molecule has 6 heteroatoms. The van der Waals surface area contributed by atoms with Crippen LogP contribution in [0.1, 0.15) is 30.4 Å².